The molecule has 0 fully saturated rings. The van der Waals surface area contributed by atoms with Crippen molar-refractivity contribution in [3.63, 3.8) is 0 Å². The molecule has 0 radical (unpaired) electrons. The molecule has 0 aliphatic rings. The normalized spacial score (nSPS) is 12.3. The number of hydrogen-bond donors (Lipinski definition) is 0. The maximum atomic E-state index is 12.9. The zero-order chi connectivity index (χ0) is 55.7. The predicted octanol–water partition coefficient (Wildman–Crippen LogP) is 23.3. The van der Waals surface area contributed by atoms with Gasteiger partial charge >= 0.3 is 17.9 Å². The van der Waals surface area contributed by atoms with Crippen LogP contribution in [0.5, 0.6) is 0 Å². The number of allylic oxidation sites excluding steroid dienone is 8. The first kappa shape index (κ1) is 74.4. The molecule has 0 amide bonds. The van der Waals surface area contributed by atoms with E-state index in [1.54, 1.807) is 0 Å². The largest absolute Gasteiger partial charge is 0.462 e. The zero-order valence-corrected chi connectivity index (χ0v) is 51.7. The van der Waals surface area contributed by atoms with Crippen molar-refractivity contribution in [2.45, 2.75) is 374 Å². The standard InChI is InChI=1S/C71H130O6/c1-4-7-10-13-16-19-22-25-27-29-31-32-33-34-35-36-37-38-39-40-41-43-44-46-49-52-55-58-61-64-70(73)76-67-68(66-75-69(72)63-60-57-54-51-48-24-21-18-15-12-9-6-3)77-71(74)65-62-59-56-53-50-47-45-42-30-28-26-23-20-17-14-11-8-5-2/h18,21-22,25,28-31,68H,4-17,19-20,23-24,26-27,32-67H2,1-3H3/b21-18-,25-22-,30-28-,31-29-. The van der Waals surface area contributed by atoms with E-state index in [4.69, 9.17) is 14.2 Å². The quantitative estimate of drug-likeness (QED) is 0.0261. The maximum Gasteiger partial charge on any atom is 0.306 e. The second-order valence-electron chi connectivity index (χ2n) is 23.1. The molecule has 0 aromatic carbocycles. The van der Waals surface area contributed by atoms with Gasteiger partial charge < -0.3 is 14.2 Å². The van der Waals surface area contributed by atoms with E-state index in [1.807, 2.05) is 0 Å². The summed E-state index contributed by atoms with van der Waals surface area (Å²) in [6, 6.07) is 0. The van der Waals surface area contributed by atoms with Crippen LogP contribution in [0.2, 0.25) is 0 Å². The molecule has 0 saturated carbocycles. The van der Waals surface area contributed by atoms with Crippen molar-refractivity contribution in [3.8, 4) is 0 Å². The SMILES string of the molecule is CCCCC/C=C\CCCCCCCC(=O)OCC(COC(=O)CCCCCCCCCCCCCCCCCCC/C=C\C/C=C\CCCCCCC)OC(=O)CCCCCCCCC/C=C\CCCCCCCCC. The molecule has 77 heavy (non-hydrogen) atoms. The van der Waals surface area contributed by atoms with Crippen molar-refractivity contribution in [1.82, 2.24) is 0 Å². The van der Waals surface area contributed by atoms with Gasteiger partial charge in [0.25, 0.3) is 0 Å². The third-order valence-electron chi connectivity index (χ3n) is 15.3. The Morgan fingerprint density at radius 3 is 0.753 bits per heavy atom. The molecular weight excluding hydrogens is 949 g/mol. The fourth-order valence-corrected chi connectivity index (χ4v) is 10.1. The van der Waals surface area contributed by atoms with Gasteiger partial charge in [-0.05, 0) is 103 Å². The summed E-state index contributed by atoms with van der Waals surface area (Å²) in [4.78, 5) is 38.3. The molecular formula is C71H130O6. The molecule has 6 nitrogen and oxygen atoms in total. The van der Waals surface area contributed by atoms with E-state index >= 15 is 0 Å². The van der Waals surface area contributed by atoms with Gasteiger partial charge in [-0.15, -0.1) is 0 Å². The number of carbonyl (C=O) groups excluding carboxylic acids is 3. The molecule has 0 N–H and O–H groups in total. The monoisotopic (exact) mass is 1080 g/mol. The lowest BCUT2D eigenvalue weighted by atomic mass is 10.0. The zero-order valence-electron chi connectivity index (χ0n) is 51.7. The Morgan fingerprint density at radius 1 is 0.260 bits per heavy atom. The number of rotatable bonds is 63. The highest BCUT2D eigenvalue weighted by molar-refractivity contribution is 5.71. The minimum atomic E-state index is -0.777. The number of unbranched alkanes of at least 4 members (excludes halogenated alkanes) is 44. The highest BCUT2D eigenvalue weighted by atomic mass is 16.6. The van der Waals surface area contributed by atoms with E-state index in [1.165, 1.54) is 257 Å². The van der Waals surface area contributed by atoms with Crippen LogP contribution in [0.25, 0.3) is 0 Å². The fourth-order valence-electron chi connectivity index (χ4n) is 10.1. The lowest BCUT2D eigenvalue weighted by Gasteiger charge is -2.18. The van der Waals surface area contributed by atoms with Gasteiger partial charge in [0.1, 0.15) is 13.2 Å². The molecule has 6 heteroatoms. The molecule has 1 atom stereocenters. The summed E-state index contributed by atoms with van der Waals surface area (Å²) in [5, 5.41) is 0. The van der Waals surface area contributed by atoms with Gasteiger partial charge in [-0.25, -0.2) is 0 Å². The Hall–Kier alpha value is -2.63. The number of hydrogen-bond acceptors (Lipinski definition) is 6. The molecule has 0 aromatic rings. The summed E-state index contributed by atoms with van der Waals surface area (Å²) in [6.07, 6.45) is 82.8. The van der Waals surface area contributed by atoms with Gasteiger partial charge in [0.15, 0.2) is 6.10 Å². The third kappa shape index (κ3) is 64.1. The summed E-state index contributed by atoms with van der Waals surface area (Å²) in [5.74, 6) is -0.866. The predicted molar refractivity (Wildman–Crippen MR) is 335 cm³/mol. The molecule has 0 bridgehead atoms. The van der Waals surface area contributed by atoms with Crippen LogP contribution in [0.15, 0.2) is 48.6 Å². The second kappa shape index (κ2) is 65.9. The van der Waals surface area contributed by atoms with Crippen molar-refractivity contribution < 1.29 is 28.6 Å². The van der Waals surface area contributed by atoms with Crippen LogP contribution in [0.3, 0.4) is 0 Å². The van der Waals surface area contributed by atoms with Gasteiger partial charge in [-0.1, -0.05) is 294 Å². The molecule has 0 rings (SSSR count). The molecule has 0 heterocycles. The van der Waals surface area contributed by atoms with E-state index in [0.29, 0.717) is 19.3 Å². The lowest BCUT2D eigenvalue weighted by Crippen LogP contribution is -2.30. The second-order valence-corrected chi connectivity index (χ2v) is 23.1. The fraction of sp³-hybridized carbons (Fsp3) is 0.845. The van der Waals surface area contributed by atoms with E-state index in [2.05, 4.69) is 69.4 Å². The highest BCUT2D eigenvalue weighted by Gasteiger charge is 2.19. The average molecular weight is 1080 g/mol. The van der Waals surface area contributed by atoms with Crippen LogP contribution in [-0.4, -0.2) is 37.2 Å². The van der Waals surface area contributed by atoms with E-state index in [0.717, 1.165) is 70.6 Å². The molecule has 0 aliphatic heterocycles. The van der Waals surface area contributed by atoms with Crippen molar-refractivity contribution in [2.75, 3.05) is 13.2 Å². The van der Waals surface area contributed by atoms with Crippen molar-refractivity contribution in [2.24, 2.45) is 0 Å². The first-order chi connectivity index (χ1) is 38.0. The molecule has 0 aromatic heterocycles. The Morgan fingerprint density at radius 2 is 0.468 bits per heavy atom. The Balaban J connectivity index is 4.18. The van der Waals surface area contributed by atoms with Gasteiger partial charge in [-0.2, -0.15) is 0 Å². The van der Waals surface area contributed by atoms with Crippen molar-refractivity contribution in [3.05, 3.63) is 48.6 Å². The van der Waals surface area contributed by atoms with Crippen molar-refractivity contribution in [1.29, 1.82) is 0 Å². The van der Waals surface area contributed by atoms with Gasteiger partial charge in [-0.3, -0.25) is 14.4 Å². The molecule has 0 aliphatic carbocycles. The topological polar surface area (TPSA) is 78.9 Å². The summed E-state index contributed by atoms with van der Waals surface area (Å²) >= 11 is 0. The Labute approximate surface area is 479 Å². The van der Waals surface area contributed by atoms with Crippen LogP contribution in [0, 0.1) is 0 Å². The molecule has 1 unspecified atom stereocenters. The highest BCUT2D eigenvalue weighted by Crippen LogP contribution is 2.17. The van der Waals surface area contributed by atoms with Crippen LogP contribution in [0.4, 0.5) is 0 Å². The molecule has 0 spiro atoms. The van der Waals surface area contributed by atoms with Gasteiger partial charge in [0.05, 0.1) is 0 Å². The summed E-state index contributed by atoms with van der Waals surface area (Å²) in [6.45, 7) is 6.65. The van der Waals surface area contributed by atoms with Gasteiger partial charge in [0.2, 0.25) is 0 Å². The minimum absolute atomic E-state index is 0.0739. The summed E-state index contributed by atoms with van der Waals surface area (Å²) in [7, 11) is 0. The third-order valence-corrected chi connectivity index (χ3v) is 15.3. The first-order valence-electron chi connectivity index (χ1n) is 34.1. The van der Waals surface area contributed by atoms with Crippen LogP contribution in [0.1, 0.15) is 367 Å². The summed E-state index contributed by atoms with van der Waals surface area (Å²) in [5.41, 5.74) is 0. The van der Waals surface area contributed by atoms with E-state index < -0.39 is 6.10 Å². The first-order valence-corrected chi connectivity index (χ1v) is 34.1. The number of carbonyl (C=O) groups is 3. The average Bonchev–Trinajstić information content (AvgIpc) is 3.43. The van der Waals surface area contributed by atoms with E-state index in [-0.39, 0.29) is 31.1 Å². The lowest BCUT2D eigenvalue weighted by molar-refractivity contribution is -0.167. The van der Waals surface area contributed by atoms with Crippen molar-refractivity contribution >= 4 is 17.9 Å². The Bertz CT molecular complexity index is 1330. The molecule has 0 saturated heterocycles. The van der Waals surface area contributed by atoms with E-state index in [9.17, 15) is 14.4 Å². The Kier molecular flexibility index (Phi) is 63.6. The molecule has 450 valence electrons. The van der Waals surface area contributed by atoms with Crippen LogP contribution >= 0.6 is 0 Å². The minimum Gasteiger partial charge on any atom is -0.462 e. The smallest absolute Gasteiger partial charge is 0.306 e. The summed E-state index contributed by atoms with van der Waals surface area (Å²) < 4.78 is 16.9. The maximum absolute atomic E-state index is 12.9. The van der Waals surface area contributed by atoms with Crippen LogP contribution in [-0.2, 0) is 28.6 Å². The van der Waals surface area contributed by atoms with Gasteiger partial charge in [0, 0.05) is 19.3 Å². The number of ether oxygens (including phenoxy) is 3. The number of esters is 3. The van der Waals surface area contributed by atoms with Crippen LogP contribution < -0.4 is 0 Å².